The zero-order chi connectivity index (χ0) is 31.7. The molecule has 0 saturated carbocycles. The van der Waals surface area contributed by atoms with Crippen molar-refractivity contribution in [2.45, 2.75) is 59.0 Å². The third-order valence-corrected chi connectivity index (χ3v) is 9.11. The largest absolute Gasteiger partial charge is 0.493 e. The minimum Gasteiger partial charge on any atom is -0.493 e. The molecule has 0 amide bonds. The number of rotatable bonds is 8. The van der Waals surface area contributed by atoms with Gasteiger partial charge in [-0.3, -0.25) is 4.68 Å². The lowest BCUT2D eigenvalue weighted by Crippen LogP contribution is -2.20. The standard InChI is InChI=1S/C36H40ClFN4O3/c1-5-30-33-29(39-41(30)4)22-40(3)18-7-8-19-42-34-27(16-17-28(37)32(33)34)26(35(42)36(43)44-6-2)12-10-20-45-31-13-9-11-23-21-24(38)14-15-25(23)31/h9,11,13-17,21H,5-8,10,12,18-20,22H2,1-4H3. The SMILES string of the molecule is CCOC(=O)c1c(CCCOc2cccc3cc(F)ccc23)c2ccc(Cl)c3c2n1CCCCN(C)Cc1nn(C)c(CC)c1-3. The molecule has 0 N–H and O–H groups in total. The molecule has 0 fully saturated rings. The first-order chi connectivity index (χ1) is 21.8. The molecule has 0 radical (unpaired) electrons. The summed E-state index contributed by atoms with van der Waals surface area (Å²) in [5.74, 6) is 0.117. The molecule has 7 nitrogen and oxygen atoms in total. The van der Waals surface area contributed by atoms with Crippen LogP contribution in [0.25, 0.3) is 32.8 Å². The number of hydrogen-bond acceptors (Lipinski definition) is 5. The van der Waals surface area contributed by atoms with E-state index in [1.165, 1.54) is 12.1 Å². The smallest absolute Gasteiger partial charge is 0.355 e. The van der Waals surface area contributed by atoms with Crippen molar-refractivity contribution in [3.8, 4) is 16.9 Å². The summed E-state index contributed by atoms with van der Waals surface area (Å²) >= 11 is 7.10. The Balaban J connectivity index is 1.45. The highest BCUT2D eigenvalue weighted by atomic mass is 35.5. The maximum atomic E-state index is 13.8. The number of nitrogens with zero attached hydrogens (tertiary/aromatic N) is 4. The minimum atomic E-state index is -0.322. The van der Waals surface area contributed by atoms with Crippen molar-refractivity contribution in [1.82, 2.24) is 19.2 Å². The number of fused-ring (bicyclic) bond motifs is 3. The van der Waals surface area contributed by atoms with E-state index in [1.807, 2.05) is 49.0 Å². The maximum Gasteiger partial charge on any atom is 0.355 e. The van der Waals surface area contributed by atoms with Crippen molar-refractivity contribution >= 4 is 39.2 Å². The molecule has 0 atom stereocenters. The van der Waals surface area contributed by atoms with Crippen LogP contribution < -0.4 is 4.74 Å². The van der Waals surface area contributed by atoms with E-state index in [-0.39, 0.29) is 18.4 Å². The Labute approximate surface area is 268 Å². The summed E-state index contributed by atoms with van der Waals surface area (Å²) in [4.78, 5) is 16.1. The van der Waals surface area contributed by atoms with Gasteiger partial charge >= 0.3 is 5.97 Å². The Morgan fingerprint density at radius 2 is 1.82 bits per heavy atom. The summed E-state index contributed by atoms with van der Waals surface area (Å²) in [6.07, 6.45) is 3.97. The molecule has 0 unspecified atom stereocenters. The lowest BCUT2D eigenvalue weighted by atomic mass is 9.97. The summed E-state index contributed by atoms with van der Waals surface area (Å²) < 4.78 is 29.8. The molecule has 1 aliphatic heterocycles. The Kier molecular flexibility index (Phi) is 9.15. The third-order valence-electron chi connectivity index (χ3n) is 8.79. The maximum absolute atomic E-state index is 13.8. The second-order valence-corrected chi connectivity index (χ2v) is 12.2. The van der Waals surface area contributed by atoms with E-state index < -0.39 is 0 Å². The van der Waals surface area contributed by atoms with Gasteiger partial charge in [0, 0.05) is 47.7 Å². The number of esters is 1. The van der Waals surface area contributed by atoms with Crippen LogP contribution >= 0.6 is 11.6 Å². The van der Waals surface area contributed by atoms with Crippen LogP contribution in [-0.2, 0) is 37.7 Å². The van der Waals surface area contributed by atoms with Crippen molar-refractivity contribution in [1.29, 1.82) is 0 Å². The summed E-state index contributed by atoms with van der Waals surface area (Å²) in [5, 5.41) is 8.28. The first-order valence-corrected chi connectivity index (χ1v) is 16.3. The lowest BCUT2D eigenvalue weighted by molar-refractivity contribution is 0.0512. The molecule has 45 heavy (non-hydrogen) atoms. The van der Waals surface area contributed by atoms with Crippen molar-refractivity contribution in [3.05, 3.63) is 82.0 Å². The second-order valence-electron chi connectivity index (χ2n) is 11.8. The van der Waals surface area contributed by atoms with E-state index in [0.717, 1.165) is 75.6 Å². The van der Waals surface area contributed by atoms with E-state index in [2.05, 4.69) is 23.4 Å². The van der Waals surface area contributed by atoms with Gasteiger partial charge < -0.3 is 18.9 Å². The van der Waals surface area contributed by atoms with Gasteiger partial charge in [0.25, 0.3) is 0 Å². The van der Waals surface area contributed by atoms with E-state index in [9.17, 15) is 9.18 Å². The molecule has 236 valence electrons. The van der Waals surface area contributed by atoms with Crippen LogP contribution in [0.1, 0.15) is 60.5 Å². The molecule has 6 rings (SSSR count). The first kappa shape index (κ1) is 31.1. The van der Waals surface area contributed by atoms with Crippen LogP contribution in [-0.4, -0.2) is 52.0 Å². The van der Waals surface area contributed by atoms with Crippen molar-refractivity contribution in [2.75, 3.05) is 26.8 Å². The van der Waals surface area contributed by atoms with Gasteiger partial charge in [-0.15, -0.1) is 0 Å². The topological polar surface area (TPSA) is 61.5 Å². The van der Waals surface area contributed by atoms with Gasteiger partial charge in [0.15, 0.2) is 0 Å². The average Bonchev–Trinajstić information content (AvgIpc) is 3.49. The number of aromatic nitrogens is 3. The number of ether oxygens (including phenoxy) is 2. The van der Waals surface area contributed by atoms with Gasteiger partial charge in [0.1, 0.15) is 17.3 Å². The minimum absolute atomic E-state index is 0.274. The highest BCUT2D eigenvalue weighted by Gasteiger charge is 2.30. The molecule has 3 heterocycles. The fourth-order valence-corrected chi connectivity index (χ4v) is 7.08. The average molecular weight is 631 g/mol. The van der Waals surface area contributed by atoms with Crippen molar-refractivity contribution in [3.63, 3.8) is 0 Å². The molecule has 0 saturated heterocycles. The Morgan fingerprint density at radius 1 is 1.02 bits per heavy atom. The summed E-state index contributed by atoms with van der Waals surface area (Å²) in [7, 11) is 4.12. The molecular weight excluding hydrogens is 591 g/mol. The molecular formula is C36H40ClFN4O3. The van der Waals surface area contributed by atoms with Gasteiger partial charge in [-0.2, -0.15) is 5.10 Å². The lowest BCUT2D eigenvalue weighted by Gasteiger charge is -2.16. The van der Waals surface area contributed by atoms with E-state index >= 15 is 0 Å². The number of carbonyl (C=O) groups is 1. The zero-order valence-corrected chi connectivity index (χ0v) is 27.2. The zero-order valence-electron chi connectivity index (χ0n) is 26.5. The molecule has 0 spiro atoms. The Bertz CT molecular complexity index is 1880. The van der Waals surface area contributed by atoms with Gasteiger partial charge in [-0.1, -0.05) is 36.7 Å². The van der Waals surface area contributed by atoms with Gasteiger partial charge in [0.05, 0.1) is 29.4 Å². The van der Waals surface area contributed by atoms with Gasteiger partial charge in [-0.25, -0.2) is 9.18 Å². The summed E-state index contributed by atoms with van der Waals surface area (Å²) in [6, 6.07) is 14.4. The van der Waals surface area contributed by atoms with Crippen LogP contribution in [0.3, 0.4) is 0 Å². The quantitative estimate of drug-likeness (QED) is 0.129. The monoisotopic (exact) mass is 630 g/mol. The highest BCUT2D eigenvalue weighted by molar-refractivity contribution is 6.35. The molecule has 1 aliphatic rings. The molecule has 0 aliphatic carbocycles. The number of hydrogen-bond donors (Lipinski definition) is 0. The normalized spacial score (nSPS) is 14.0. The number of benzene rings is 3. The van der Waals surface area contributed by atoms with E-state index in [4.69, 9.17) is 26.2 Å². The van der Waals surface area contributed by atoms with Crippen LogP contribution in [0.5, 0.6) is 5.75 Å². The number of carbonyl (C=O) groups excluding carboxylic acids is 1. The van der Waals surface area contributed by atoms with Crippen LogP contribution in [0, 0.1) is 5.82 Å². The van der Waals surface area contributed by atoms with Gasteiger partial charge in [-0.05, 0) is 93.9 Å². The van der Waals surface area contributed by atoms with E-state index in [1.54, 1.807) is 6.07 Å². The number of halogens is 2. The molecule has 5 aromatic rings. The highest BCUT2D eigenvalue weighted by Crippen LogP contribution is 2.43. The van der Waals surface area contributed by atoms with E-state index in [0.29, 0.717) is 49.0 Å². The molecule has 3 aromatic carbocycles. The van der Waals surface area contributed by atoms with Crippen LogP contribution in [0.15, 0.2) is 48.5 Å². The fraction of sp³-hybridized carbons (Fsp3) is 0.389. The second kappa shape index (κ2) is 13.2. The third kappa shape index (κ3) is 5.93. The predicted octanol–water partition coefficient (Wildman–Crippen LogP) is 7.96. The Hall–Kier alpha value is -3.88. The summed E-state index contributed by atoms with van der Waals surface area (Å²) in [5.41, 5.74) is 6.59. The van der Waals surface area contributed by atoms with Crippen molar-refractivity contribution < 1.29 is 18.7 Å². The first-order valence-electron chi connectivity index (χ1n) is 15.9. The Morgan fingerprint density at radius 3 is 2.62 bits per heavy atom. The molecule has 0 bridgehead atoms. The molecule has 2 aromatic heterocycles. The fourth-order valence-electron chi connectivity index (χ4n) is 6.83. The predicted molar refractivity (Wildman–Crippen MR) is 178 cm³/mol. The van der Waals surface area contributed by atoms with Gasteiger partial charge in [0.2, 0.25) is 0 Å². The van der Waals surface area contributed by atoms with Crippen LogP contribution in [0.2, 0.25) is 5.02 Å². The number of aryl methyl sites for hydroxylation is 3. The molecule has 9 heteroatoms. The summed E-state index contributed by atoms with van der Waals surface area (Å²) in [6.45, 7) is 7.01. The van der Waals surface area contributed by atoms with Crippen LogP contribution in [0.4, 0.5) is 4.39 Å². The van der Waals surface area contributed by atoms with Crippen molar-refractivity contribution in [2.24, 2.45) is 7.05 Å².